The Labute approximate surface area is 152 Å². The summed E-state index contributed by atoms with van der Waals surface area (Å²) < 4.78 is 13.2. The second-order valence-corrected chi connectivity index (χ2v) is 22.9. The molecular weight excluding hydrogens is 352 g/mol. The lowest BCUT2D eigenvalue weighted by Gasteiger charge is -2.43. The van der Waals surface area contributed by atoms with Gasteiger partial charge in [-0.05, 0) is 89.9 Å². The quantitative estimate of drug-likeness (QED) is 0.634. The molecule has 0 amide bonds. The van der Waals surface area contributed by atoms with E-state index in [2.05, 4.69) is 52.8 Å². The molecule has 1 rings (SSSR count). The number of aliphatic hydroxyl groups excluding tert-OH is 1. The molecule has 0 radical (unpaired) electrons. The number of hydrogen-bond donors (Lipinski definition) is 2. The largest absolute Gasteiger partial charge is 0.437 e. The zero-order chi connectivity index (χ0) is 19.0. The summed E-state index contributed by atoms with van der Waals surface area (Å²) >= 11 is 0. The monoisotopic (exact) mass is 392 g/mol. The van der Waals surface area contributed by atoms with Gasteiger partial charge >= 0.3 is 8.56 Å². The van der Waals surface area contributed by atoms with Gasteiger partial charge in [-0.25, -0.2) is 0 Å². The molecule has 24 heavy (non-hydrogen) atoms. The molecule has 0 spiro atoms. The summed E-state index contributed by atoms with van der Waals surface area (Å²) in [6, 6.07) is 0.973. The van der Waals surface area contributed by atoms with E-state index in [1.807, 2.05) is 0 Å². The van der Waals surface area contributed by atoms with Crippen molar-refractivity contribution in [1.29, 1.82) is 0 Å². The van der Waals surface area contributed by atoms with Crippen LogP contribution in [0.25, 0.3) is 0 Å². The molecule has 0 saturated heterocycles. The van der Waals surface area contributed by atoms with Crippen molar-refractivity contribution in [3.8, 4) is 0 Å². The van der Waals surface area contributed by atoms with Gasteiger partial charge in [0.05, 0.1) is 11.7 Å². The predicted octanol–water partition coefficient (Wildman–Crippen LogP) is 4.31. The minimum Gasteiger partial charge on any atom is -0.437 e. The first kappa shape index (κ1) is 22.5. The molecule has 0 aromatic rings. The second-order valence-electron chi connectivity index (χ2n) is 10.2. The van der Waals surface area contributed by atoms with Gasteiger partial charge in [0.1, 0.15) is 0 Å². The molecule has 4 nitrogen and oxygen atoms in total. The topological polar surface area (TPSA) is 58.9 Å². The SMILES string of the molecule is CC(C[Si](C)(O[Si](C)(C)C)O[Si](C)(C)C)C1CCC(C)(O)C(O)C1. The third kappa shape index (κ3) is 7.39. The Hall–Kier alpha value is 0.491. The van der Waals surface area contributed by atoms with Gasteiger partial charge in [-0.1, -0.05) is 6.92 Å². The summed E-state index contributed by atoms with van der Waals surface area (Å²) in [5.74, 6) is 0.877. The maximum Gasteiger partial charge on any atom is 0.314 e. The van der Waals surface area contributed by atoms with Crippen LogP contribution in [0.5, 0.6) is 0 Å². The molecule has 1 aliphatic carbocycles. The Morgan fingerprint density at radius 2 is 1.50 bits per heavy atom. The molecule has 0 aromatic heterocycles. The van der Waals surface area contributed by atoms with Crippen LogP contribution in [-0.4, -0.2) is 47.1 Å². The van der Waals surface area contributed by atoms with Gasteiger partial charge in [-0.2, -0.15) is 0 Å². The van der Waals surface area contributed by atoms with Crippen molar-refractivity contribution in [2.24, 2.45) is 11.8 Å². The van der Waals surface area contributed by atoms with E-state index in [9.17, 15) is 10.2 Å². The minimum absolute atomic E-state index is 0.433. The second kappa shape index (κ2) is 7.62. The van der Waals surface area contributed by atoms with E-state index in [0.717, 1.165) is 12.5 Å². The smallest absolute Gasteiger partial charge is 0.314 e. The summed E-state index contributed by atoms with van der Waals surface area (Å²) in [5.41, 5.74) is -0.930. The number of hydrogen-bond acceptors (Lipinski definition) is 4. The van der Waals surface area contributed by atoms with Crippen LogP contribution in [-0.2, 0) is 8.23 Å². The fourth-order valence-electron chi connectivity index (χ4n) is 3.97. The standard InChI is InChI=1S/C17H40O4Si3/c1-14(15-10-11-17(2,19)16(18)12-15)13-24(9,20-22(3,4)5)21-23(6,7)8/h14-16,18-19H,10-13H2,1-9H3. The Morgan fingerprint density at radius 1 is 1.04 bits per heavy atom. The van der Waals surface area contributed by atoms with E-state index in [0.29, 0.717) is 24.7 Å². The van der Waals surface area contributed by atoms with Crippen molar-refractivity contribution >= 4 is 25.2 Å². The molecule has 4 unspecified atom stereocenters. The lowest BCUT2D eigenvalue weighted by Crippen LogP contribution is -2.54. The fourth-order valence-corrected chi connectivity index (χ4v) is 17.0. The van der Waals surface area contributed by atoms with E-state index < -0.39 is 36.9 Å². The summed E-state index contributed by atoms with van der Waals surface area (Å²) in [4.78, 5) is 0. The molecule has 0 aliphatic heterocycles. The normalized spacial score (nSPS) is 31.1. The Balaban J connectivity index is 2.82. The van der Waals surface area contributed by atoms with Gasteiger partial charge in [0, 0.05) is 0 Å². The van der Waals surface area contributed by atoms with Crippen LogP contribution in [0.1, 0.15) is 33.1 Å². The van der Waals surface area contributed by atoms with Gasteiger partial charge in [-0.15, -0.1) is 0 Å². The third-order valence-corrected chi connectivity index (χ3v) is 14.5. The van der Waals surface area contributed by atoms with Gasteiger partial charge in [0.25, 0.3) is 0 Å². The van der Waals surface area contributed by atoms with Crippen molar-refractivity contribution < 1.29 is 18.4 Å². The molecule has 0 heterocycles. The van der Waals surface area contributed by atoms with Crippen LogP contribution in [0.15, 0.2) is 0 Å². The van der Waals surface area contributed by atoms with Crippen LogP contribution in [0.4, 0.5) is 0 Å². The highest BCUT2D eigenvalue weighted by atomic mass is 28.5. The van der Waals surface area contributed by atoms with Crippen LogP contribution in [0, 0.1) is 11.8 Å². The lowest BCUT2D eigenvalue weighted by atomic mass is 9.73. The summed E-state index contributed by atoms with van der Waals surface area (Å²) in [5, 5.41) is 20.4. The van der Waals surface area contributed by atoms with E-state index in [-0.39, 0.29) is 0 Å². The lowest BCUT2D eigenvalue weighted by molar-refractivity contribution is -0.104. The van der Waals surface area contributed by atoms with Gasteiger partial charge in [0.2, 0.25) is 0 Å². The highest BCUT2D eigenvalue weighted by Gasteiger charge is 2.45. The van der Waals surface area contributed by atoms with Gasteiger partial charge in [-0.3, -0.25) is 0 Å². The molecule has 7 heteroatoms. The highest BCUT2D eigenvalue weighted by molar-refractivity contribution is 6.87. The van der Waals surface area contributed by atoms with Crippen LogP contribution >= 0.6 is 0 Å². The average molecular weight is 393 g/mol. The predicted molar refractivity (Wildman–Crippen MR) is 108 cm³/mol. The zero-order valence-corrected chi connectivity index (χ0v) is 20.3. The molecule has 2 N–H and O–H groups in total. The molecular formula is C17H40O4Si3. The number of aliphatic hydroxyl groups is 2. The summed E-state index contributed by atoms with van der Waals surface area (Å²) in [7, 11) is -5.60. The van der Waals surface area contributed by atoms with Gasteiger partial charge in [0.15, 0.2) is 16.6 Å². The Kier molecular flexibility index (Phi) is 7.15. The molecule has 1 fully saturated rings. The maximum atomic E-state index is 10.2. The van der Waals surface area contributed by atoms with E-state index in [1.54, 1.807) is 6.92 Å². The summed E-state index contributed by atoms with van der Waals surface area (Å²) in [6.07, 6.45) is 1.70. The summed E-state index contributed by atoms with van der Waals surface area (Å²) in [6.45, 7) is 19.7. The van der Waals surface area contributed by atoms with Crippen molar-refractivity contribution in [1.82, 2.24) is 0 Å². The zero-order valence-electron chi connectivity index (χ0n) is 17.3. The van der Waals surface area contributed by atoms with E-state index in [4.69, 9.17) is 8.23 Å². The van der Waals surface area contributed by atoms with Crippen molar-refractivity contribution in [2.45, 2.75) is 96.7 Å². The van der Waals surface area contributed by atoms with E-state index >= 15 is 0 Å². The van der Waals surface area contributed by atoms with Crippen LogP contribution in [0.3, 0.4) is 0 Å². The molecule has 144 valence electrons. The average Bonchev–Trinajstić information content (AvgIpc) is 2.26. The molecule has 0 bridgehead atoms. The Bertz CT molecular complexity index is 399. The van der Waals surface area contributed by atoms with E-state index in [1.165, 1.54) is 0 Å². The first-order valence-electron chi connectivity index (χ1n) is 9.34. The molecule has 1 aliphatic rings. The first-order chi connectivity index (χ1) is 10.5. The Morgan fingerprint density at radius 3 is 1.88 bits per heavy atom. The van der Waals surface area contributed by atoms with Crippen LogP contribution in [0.2, 0.25) is 51.9 Å². The van der Waals surface area contributed by atoms with Crippen LogP contribution < -0.4 is 0 Å². The highest BCUT2D eigenvalue weighted by Crippen LogP contribution is 2.39. The minimum atomic E-state index is -2.25. The van der Waals surface area contributed by atoms with Gasteiger partial charge < -0.3 is 18.4 Å². The van der Waals surface area contributed by atoms with Crippen molar-refractivity contribution in [3.05, 3.63) is 0 Å². The first-order valence-corrected chi connectivity index (χ1v) is 18.7. The fraction of sp³-hybridized carbons (Fsp3) is 1.00. The number of rotatable bonds is 7. The van der Waals surface area contributed by atoms with Crippen molar-refractivity contribution in [3.63, 3.8) is 0 Å². The van der Waals surface area contributed by atoms with Crippen molar-refractivity contribution in [2.75, 3.05) is 0 Å². The molecule has 1 saturated carbocycles. The molecule has 4 atom stereocenters. The maximum absolute atomic E-state index is 10.2. The third-order valence-electron chi connectivity index (χ3n) is 4.81. The molecule has 0 aromatic carbocycles.